The van der Waals surface area contributed by atoms with Crippen LogP contribution in [0.1, 0.15) is 0 Å². The summed E-state index contributed by atoms with van der Waals surface area (Å²) in [4.78, 5) is 0. The Labute approximate surface area is 33.1 Å². The predicted octanol–water partition coefficient (Wildman–Crippen LogP) is -0.0533. The zero-order chi connectivity index (χ0) is 2.71. The third kappa shape index (κ3) is 41000. The maximum Gasteiger partial charge on any atom is 0.151 e. The Balaban J connectivity index is -0.0000000200. The van der Waals surface area contributed by atoms with Crippen molar-refractivity contribution in [2.75, 3.05) is 6.66 Å². The van der Waals surface area contributed by atoms with E-state index in [-0.39, 0.29) is 20.8 Å². The summed E-state index contributed by atoms with van der Waals surface area (Å²) in [7, 11) is 0.167. The lowest BCUT2D eigenvalue weighted by Gasteiger charge is -1.20. The van der Waals surface area contributed by atoms with Crippen LogP contribution in [0.3, 0.4) is 0 Å². The van der Waals surface area contributed by atoms with Gasteiger partial charge in [0.15, 0.2) is 8.46 Å². The van der Waals surface area contributed by atoms with E-state index < -0.39 is 0 Å². The molecule has 0 atom stereocenters. The first-order valence-electron chi connectivity index (χ1n) is 0.630. The van der Waals surface area contributed by atoms with Gasteiger partial charge in [0, 0.05) is 19.0 Å². The quantitative estimate of drug-likeness (QED) is 0.384. The second-order valence-corrected chi connectivity index (χ2v) is 0.548. The largest absolute Gasteiger partial charge is 0.275 e. The van der Waals surface area contributed by atoms with Gasteiger partial charge >= 0.3 is 0 Å². The number of hydrogen-bond donors (Lipinski definition) is 0. The van der Waals surface area contributed by atoms with Crippen molar-refractivity contribution in [2.45, 2.75) is 0 Å². The minimum atomic E-state index is 0. The Morgan fingerprint density at radius 1 is 1.40 bits per heavy atom. The summed E-state index contributed by atoms with van der Waals surface area (Å²) in [5, 5.41) is 0. The molecule has 0 aliphatic rings. The van der Waals surface area contributed by atoms with Crippen molar-refractivity contribution in [2.24, 2.45) is 0 Å². The summed E-state index contributed by atoms with van der Waals surface area (Å²) < 4.78 is 8.90. The van der Waals surface area contributed by atoms with Gasteiger partial charge in [-0.25, -0.2) is 0 Å². The molecule has 0 aliphatic carbocycles. The molecule has 0 aliphatic heterocycles. The van der Waals surface area contributed by atoms with Crippen LogP contribution in [0.5, 0.6) is 0 Å². The number of hydrogen-bond acceptors (Lipinski definition) is 1. The van der Waals surface area contributed by atoms with E-state index in [2.05, 4.69) is 0 Å². The molecule has 5 heavy (non-hydrogen) atoms. The minimum absolute atomic E-state index is 0. The van der Waals surface area contributed by atoms with Crippen LogP contribution in [0.25, 0.3) is 0 Å². The maximum absolute atomic E-state index is 8.90. The molecule has 0 aromatic carbocycles. The van der Waals surface area contributed by atoms with Crippen molar-refractivity contribution >= 4 is 8.46 Å². The average Bonchev–Trinajstić information content (AvgIpc) is 0.918. The SMILES string of the molecule is CP=O.[N].[N]. The summed E-state index contributed by atoms with van der Waals surface area (Å²) in [6.45, 7) is 1.54. The van der Waals surface area contributed by atoms with Gasteiger partial charge in [0.1, 0.15) is 0 Å². The topological polar surface area (TPSA) is 78.1 Å². The van der Waals surface area contributed by atoms with E-state index >= 15 is 0 Å². The second kappa shape index (κ2) is 35.2. The molecule has 0 N–H and O–H groups in total. The van der Waals surface area contributed by atoms with Crippen molar-refractivity contribution < 1.29 is 4.57 Å². The van der Waals surface area contributed by atoms with Crippen LogP contribution in [-0.2, 0) is 4.57 Å². The van der Waals surface area contributed by atoms with Gasteiger partial charge in [-0.15, -0.1) is 0 Å². The average molecular weight is 90.0 g/mol. The van der Waals surface area contributed by atoms with E-state index in [1.165, 1.54) is 0 Å². The van der Waals surface area contributed by atoms with Gasteiger partial charge in [0.05, 0.1) is 0 Å². The molecule has 0 saturated heterocycles. The van der Waals surface area contributed by atoms with Crippen LogP contribution < -0.4 is 12.3 Å². The highest BCUT2D eigenvalue weighted by atomic mass is 31.1. The first-order valence-corrected chi connectivity index (χ1v) is 1.89. The fourth-order valence-electron chi connectivity index (χ4n) is 0. The van der Waals surface area contributed by atoms with Gasteiger partial charge in [0.25, 0.3) is 0 Å². The summed E-state index contributed by atoms with van der Waals surface area (Å²) in [5.41, 5.74) is 0. The van der Waals surface area contributed by atoms with Gasteiger partial charge in [0.2, 0.25) is 0 Å². The molecule has 0 rings (SSSR count). The fraction of sp³-hybridized carbons (Fsp3) is 1.00. The Bertz CT molecular complexity index is 17.1. The normalized spacial score (nSPS) is 4.20. The first-order chi connectivity index (χ1) is 1.41. The summed E-state index contributed by atoms with van der Waals surface area (Å²) in [6, 6.07) is 0. The molecular weight excluding hydrogens is 87.0 g/mol. The highest BCUT2D eigenvalue weighted by Gasteiger charge is 1.27. The number of nitrogens with zero attached hydrogens (tertiary/aromatic N) is 2. The summed E-state index contributed by atoms with van der Waals surface area (Å²) in [6.07, 6.45) is 0. The standard InChI is InChI=1S/CH3OP.2N/c1-3-2;;/h1H3;;. The zero-order valence-corrected chi connectivity index (χ0v) is 3.64. The number of rotatable bonds is 0. The lowest BCUT2D eigenvalue weighted by atomic mass is 12.0. The molecular formula is CH3N2OP. The van der Waals surface area contributed by atoms with Crippen LogP contribution in [0.2, 0.25) is 0 Å². The fourth-order valence-corrected chi connectivity index (χ4v) is 0. The summed E-state index contributed by atoms with van der Waals surface area (Å²) in [5.74, 6) is 0. The smallest absolute Gasteiger partial charge is 0.151 e. The molecule has 4 heteroatoms. The molecule has 0 heterocycles. The Hall–Kier alpha value is 0.0200. The molecule has 28 valence electrons. The minimum Gasteiger partial charge on any atom is -0.275 e. The van der Waals surface area contributed by atoms with Gasteiger partial charge in [-0.2, -0.15) is 0 Å². The van der Waals surface area contributed by atoms with Crippen LogP contribution in [-0.4, -0.2) is 6.66 Å². The van der Waals surface area contributed by atoms with Crippen molar-refractivity contribution in [1.82, 2.24) is 12.3 Å². The van der Waals surface area contributed by atoms with Crippen LogP contribution >= 0.6 is 8.46 Å². The molecule has 3 nitrogen and oxygen atoms in total. The Kier molecular flexibility index (Phi) is 140. The highest BCUT2D eigenvalue weighted by Crippen LogP contribution is 1.67. The lowest BCUT2D eigenvalue weighted by molar-refractivity contribution is 0.601. The molecule has 0 fully saturated rings. The lowest BCUT2D eigenvalue weighted by Crippen LogP contribution is -0.988. The highest BCUT2D eigenvalue weighted by molar-refractivity contribution is 7.22. The van der Waals surface area contributed by atoms with E-state index in [4.69, 9.17) is 4.57 Å². The van der Waals surface area contributed by atoms with Gasteiger partial charge in [-0.1, -0.05) is 0 Å². The monoisotopic (exact) mass is 90.0 g/mol. The molecule has 6 radical (unpaired) electrons. The zero-order valence-electron chi connectivity index (χ0n) is 2.75. The molecule has 0 bridgehead atoms. The third-order valence-corrected chi connectivity index (χ3v) is 0. The molecule has 0 spiro atoms. The van der Waals surface area contributed by atoms with Crippen molar-refractivity contribution in [3.05, 3.63) is 0 Å². The van der Waals surface area contributed by atoms with Gasteiger partial charge < -0.3 is 0 Å². The van der Waals surface area contributed by atoms with E-state index in [1.807, 2.05) is 0 Å². The van der Waals surface area contributed by atoms with E-state index in [0.29, 0.717) is 0 Å². The molecule has 0 amide bonds. The molecule has 0 aromatic rings. The van der Waals surface area contributed by atoms with Crippen LogP contribution in [0.4, 0.5) is 0 Å². The second-order valence-electron chi connectivity index (χ2n) is 0.183. The van der Waals surface area contributed by atoms with Crippen LogP contribution in [0, 0.1) is 0 Å². The molecule has 0 unspecified atom stereocenters. The molecule has 0 aromatic heterocycles. The van der Waals surface area contributed by atoms with Crippen molar-refractivity contribution in [3.63, 3.8) is 0 Å². The maximum atomic E-state index is 8.90. The third-order valence-electron chi connectivity index (χ3n) is 0. The van der Waals surface area contributed by atoms with Gasteiger partial charge in [-0.05, 0) is 0 Å². The summed E-state index contributed by atoms with van der Waals surface area (Å²) >= 11 is 0. The van der Waals surface area contributed by atoms with Crippen molar-refractivity contribution in [1.29, 1.82) is 0 Å². The van der Waals surface area contributed by atoms with E-state index in [1.54, 1.807) is 6.66 Å². The Morgan fingerprint density at radius 2 is 1.40 bits per heavy atom. The predicted molar refractivity (Wildman–Crippen MR) is 17.8 cm³/mol. The first kappa shape index (κ1) is 19.9. The van der Waals surface area contributed by atoms with E-state index in [9.17, 15) is 0 Å². The van der Waals surface area contributed by atoms with Gasteiger partial charge in [-0.3, -0.25) is 4.57 Å². The van der Waals surface area contributed by atoms with E-state index in [0.717, 1.165) is 0 Å². The Morgan fingerprint density at radius 3 is 1.40 bits per heavy atom. The molecule has 0 saturated carbocycles. The van der Waals surface area contributed by atoms with Crippen LogP contribution in [0.15, 0.2) is 0 Å². The van der Waals surface area contributed by atoms with Crippen molar-refractivity contribution in [3.8, 4) is 0 Å².